The minimum absolute atomic E-state index is 0.359. The highest BCUT2D eigenvalue weighted by molar-refractivity contribution is 9.10. The smallest absolute Gasteiger partial charge is 0.125 e. The fourth-order valence-corrected chi connectivity index (χ4v) is 2.59. The maximum Gasteiger partial charge on any atom is 0.125 e. The van der Waals surface area contributed by atoms with Gasteiger partial charge in [-0.15, -0.1) is 0 Å². The van der Waals surface area contributed by atoms with Crippen LogP contribution in [0.4, 0.5) is 10.1 Å². The second kappa shape index (κ2) is 6.73. The van der Waals surface area contributed by atoms with E-state index in [1.54, 1.807) is 0 Å². The predicted octanol–water partition coefficient (Wildman–Crippen LogP) is 5.37. The third kappa shape index (κ3) is 4.08. The molecule has 0 fully saturated rings. The Labute approximate surface area is 125 Å². The molecule has 1 N–H and O–H groups in total. The Morgan fingerprint density at radius 3 is 2.63 bits per heavy atom. The molecular formula is C15H12BrClFN. The molecule has 2 rings (SSSR count). The SMILES string of the molecule is Fc1cc(Cl)c(NC/C=C/c2ccccc2)c(Br)c1. The average molecular weight is 341 g/mol. The summed E-state index contributed by atoms with van der Waals surface area (Å²) in [5, 5.41) is 3.51. The minimum Gasteiger partial charge on any atom is -0.379 e. The van der Waals surface area contributed by atoms with Gasteiger partial charge in [0.15, 0.2) is 0 Å². The molecule has 98 valence electrons. The van der Waals surface area contributed by atoms with E-state index in [9.17, 15) is 4.39 Å². The van der Waals surface area contributed by atoms with Gasteiger partial charge in [-0.05, 0) is 33.6 Å². The molecule has 1 nitrogen and oxygen atoms in total. The Kier molecular flexibility index (Phi) is 5.00. The maximum atomic E-state index is 13.1. The van der Waals surface area contributed by atoms with E-state index < -0.39 is 0 Å². The third-order valence-corrected chi connectivity index (χ3v) is 3.44. The lowest BCUT2D eigenvalue weighted by molar-refractivity contribution is 0.627. The summed E-state index contributed by atoms with van der Waals surface area (Å²) in [6.07, 6.45) is 4.00. The molecule has 0 atom stereocenters. The number of nitrogens with one attached hydrogen (secondary N) is 1. The molecule has 0 bridgehead atoms. The Hall–Kier alpha value is -1.32. The fourth-order valence-electron chi connectivity index (χ4n) is 1.63. The van der Waals surface area contributed by atoms with Crippen LogP contribution in [0.15, 0.2) is 53.0 Å². The molecule has 19 heavy (non-hydrogen) atoms. The molecule has 0 saturated carbocycles. The van der Waals surface area contributed by atoms with Crippen molar-refractivity contribution in [3.05, 3.63) is 69.4 Å². The molecule has 0 aliphatic rings. The molecule has 0 spiro atoms. The molecule has 0 aliphatic heterocycles. The quantitative estimate of drug-likeness (QED) is 0.789. The molecule has 0 amide bonds. The van der Waals surface area contributed by atoms with Crippen LogP contribution >= 0.6 is 27.5 Å². The van der Waals surface area contributed by atoms with Gasteiger partial charge in [0.1, 0.15) is 5.82 Å². The summed E-state index contributed by atoms with van der Waals surface area (Å²) < 4.78 is 13.7. The van der Waals surface area contributed by atoms with Gasteiger partial charge in [0.05, 0.1) is 10.7 Å². The molecule has 0 saturated heterocycles. The summed E-state index contributed by atoms with van der Waals surface area (Å²) in [4.78, 5) is 0. The third-order valence-electron chi connectivity index (χ3n) is 2.51. The van der Waals surface area contributed by atoms with Gasteiger partial charge in [-0.1, -0.05) is 54.1 Å². The fraction of sp³-hybridized carbons (Fsp3) is 0.0667. The van der Waals surface area contributed by atoms with Crippen molar-refractivity contribution in [1.82, 2.24) is 0 Å². The van der Waals surface area contributed by atoms with E-state index >= 15 is 0 Å². The van der Waals surface area contributed by atoms with Crippen LogP contribution in [0.3, 0.4) is 0 Å². The minimum atomic E-state index is -0.359. The van der Waals surface area contributed by atoms with Gasteiger partial charge >= 0.3 is 0 Å². The highest BCUT2D eigenvalue weighted by Gasteiger charge is 2.06. The second-order valence-electron chi connectivity index (χ2n) is 3.94. The zero-order valence-electron chi connectivity index (χ0n) is 10.0. The summed E-state index contributed by atoms with van der Waals surface area (Å²) in [6.45, 7) is 0.610. The molecule has 4 heteroatoms. The largest absolute Gasteiger partial charge is 0.379 e. The second-order valence-corrected chi connectivity index (χ2v) is 5.20. The maximum absolute atomic E-state index is 13.1. The van der Waals surface area contributed by atoms with Gasteiger partial charge in [0.2, 0.25) is 0 Å². The van der Waals surface area contributed by atoms with Crippen molar-refractivity contribution in [2.24, 2.45) is 0 Å². The van der Waals surface area contributed by atoms with E-state index in [-0.39, 0.29) is 5.82 Å². The van der Waals surface area contributed by atoms with Crippen molar-refractivity contribution < 1.29 is 4.39 Å². The summed E-state index contributed by atoms with van der Waals surface area (Å²) in [6, 6.07) is 12.7. The van der Waals surface area contributed by atoms with Crippen molar-refractivity contribution in [3.8, 4) is 0 Å². The lowest BCUT2D eigenvalue weighted by Gasteiger charge is -2.08. The molecule has 2 aromatic carbocycles. The van der Waals surface area contributed by atoms with Crippen LogP contribution in [-0.4, -0.2) is 6.54 Å². The van der Waals surface area contributed by atoms with E-state index in [0.29, 0.717) is 21.7 Å². The first-order valence-electron chi connectivity index (χ1n) is 5.77. The molecule has 2 aromatic rings. The first-order chi connectivity index (χ1) is 9.16. The van der Waals surface area contributed by atoms with Gasteiger partial charge in [0.25, 0.3) is 0 Å². The molecule has 0 aliphatic carbocycles. The van der Waals surface area contributed by atoms with Crippen molar-refractivity contribution >= 4 is 39.3 Å². The van der Waals surface area contributed by atoms with Crippen LogP contribution in [-0.2, 0) is 0 Å². The van der Waals surface area contributed by atoms with E-state index in [1.165, 1.54) is 12.1 Å². The molecular weight excluding hydrogens is 329 g/mol. The average Bonchev–Trinajstić information content (AvgIpc) is 2.38. The first kappa shape index (κ1) is 14.1. The Morgan fingerprint density at radius 2 is 1.95 bits per heavy atom. The van der Waals surface area contributed by atoms with E-state index in [2.05, 4.69) is 21.2 Å². The van der Waals surface area contributed by atoms with Gasteiger partial charge in [-0.3, -0.25) is 0 Å². The van der Waals surface area contributed by atoms with Crippen LogP contribution in [0.25, 0.3) is 6.08 Å². The number of anilines is 1. The number of halogens is 3. The highest BCUT2D eigenvalue weighted by Crippen LogP contribution is 2.31. The standard InChI is InChI=1S/C15H12BrClFN/c16-13-9-12(18)10-14(17)15(13)19-8-4-7-11-5-2-1-3-6-11/h1-7,9-10,19H,8H2/b7-4+. The van der Waals surface area contributed by atoms with Gasteiger partial charge in [-0.25, -0.2) is 4.39 Å². The zero-order chi connectivity index (χ0) is 13.7. The van der Waals surface area contributed by atoms with E-state index in [1.807, 2.05) is 42.5 Å². The summed E-state index contributed by atoms with van der Waals surface area (Å²) in [5.74, 6) is -0.359. The monoisotopic (exact) mass is 339 g/mol. The number of hydrogen-bond acceptors (Lipinski definition) is 1. The van der Waals surface area contributed by atoms with Crippen molar-refractivity contribution in [2.75, 3.05) is 11.9 Å². The summed E-state index contributed by atoms with van der Waals surface area (Å²) in [7, 11) is 0. The van der Waals surface area contributed by atoms with Crippen LogP contribution < -0.4 is 5.32 Å². The first-order valence-corrected chi connectivity index (χ1v) is 6.94. The summed E-state index contributed by atoms with van der Waals surface area (Å²) >= 11 is 9.26. The van der Waals surface area contributed by atoms with Crippen LogP contribution in [0.5, 0.6) is 0 Å². The summed E-state index contributed by atoms with van der Waals surface area (Å²) in [5.41, 5.74) is 1.83. The number of hydrogen-bond donors (Lipinski definition) is 1. The highest BCUT2D eigenvalue weighted by atomic mass is 79.9. The van der Waals surface area contributed by atoms with Crippen molar-refractivity contribution in [3.63, 3.8) is 0 Å². The van der Waals surface area contributed by atoms with Crippen molar-refractivity contribution in [2.45, 2.75) is 0 Å². The lowest BCUT2D eigenvalue weighted by Crippen LogP contribution is -2.00. The van der Waals surface area contributed by atoms with Gasteiger partial charge in [-0.2, -0.15) is 0 Å². The van der Waals surface area contributed by atoms with Gasteiger partial charge < -0.3 is 5.32 Å². The van der Waals surface area contributed by atoms with Crippen molar-refractivity contribution in [1.29, 1.82) is 0 Å². The van der Waals surface area contributed by atoms with E-state index in [4.69, 9.17) is 11.6 Å². The number of benzene rings is 2. The van der Waals surface area contributed by atoms with Crippen LogP contribution in [0, 0.1) is 5.82 Å². The number of rotatable bonds is 4. The predicted molar refractivity (Wildman–Crippen MR) is 83.1 cm³/mol. The molecule has 0 radical (unpaired) electrons. The Bertz CT molecular complexity index is 561. The lowest BCUT2D eigenvalue weighted by atomic mass is 10.2. The molecule has 0 aromatic heterocycles. The molecule has 0 unspecified atom stereocenters. The zero-order valence-corrected chi connectivity index (χ0v) is 12.4. The van der Waals surface area contributed by atoms with Crippen LogP contribution in [0.1, 0.15) is 5.56 Å². The normalized spacial score (nSPS) is 10.9. The Balaban J connectivity index is 1.98. The molecule has 0 heterocycles. The Morgan fingerprint density at radius 1 is 1.21 bits per heavy atom. The topological polar surface area (TPSA) is 12.0 Å². The van der Waals surface area contributed by atoms with E-state index in [0.717, 1.165) is 5.56 Å². The van der Waals surface area contributed by atoms with Crippen LogP contribution in [0.2, 0.25) is 5.02 Å². The van der Waals surface area contributed by atoms with Gasteiger partial charge in [0, 0.05) is 11.0 Å².